The fourth-order valence-corrected chi connectivity index (χ4v) is 7.17. The molecular formula is C38H57N9O13S. The topological polar surface area (TPSA) is 353 Å². The van der Waals surface area contributed by atoms with E-state index in [0.29, 0.717) is 37.7 Å². The van der Waals surface area contributed by atoms with Gasteiger partial charge in [-0.2, -0.15) is 12.6 Å². The molecule has 2 saturated heterocycles. The molecule has 0 bridgehead atoms. The van der Waals surface area contributed by atoms with Crippen molar-refractivity contribution < 1.29 is 63.6 Å². The summed E-state index contributed by atoms with van der Waals surface area (Å²) < 4.78 is 0. The minimum Gasteiger partial charge on any atom is -0.508 e. The van der Waals surface area contributed by atoms with Crippen LogP contribution in [0.2, 0.25) is 0 Å². The van der Waals surface area contributed by atoms with Gasteiger partial charge in [0.2, 0.25) is 41.4 Å². The van der Waals surface area contributed by atoms with Crippen LogP contribution in [0, 0.1) is 0 Å². The van der Waals surface area contributed by atoms with Crippen molar-refractivity contribution in [2.45, 2.75) is 107 Å². The molecule has 0 spiro atoms. The van der Waals surface area contributed by atoms with Crippen LogP contribution in [0.25, 0.3) is 0 Å². The number of amides is 7. The van der Waals surface area contributed by atoms with Crippen LogP contribution in [-0.2, 0) is 49.6 Å². The van der Waals surface area contributed by atoms with Gasteiger partial charge >= 0.3 is 11.9 Å². The van der Waals surface area contributed by atoms with Crippen LogP contribution in [0.1, 0.15) is 63.4 Å². The number of nitrogens with zero attached hydrogens (tertiary/aromatic N) is 2. The van der Waals surface area contributed by atoms with Crippen molar-refractivity contribution in [3.05, 3.63) is 29.8 Å². The molecule has 1 aromatic rings. The van der Waals surface area contributed by atoms with Gasteiger partial charge in [-0.3, -0.25) is 38.4 Å². The lowest BCUT2D eigenvalue weighted by Crippen LogP contribution is -2.59. The Bertz CT molecular complexity index is 1740. The standard InChI is InChI=1S/C38H57N9O13S/c39-14-2-1-5-24(42-35(56)26(19-48)44-32(53)23(40)12-13-31(51)52)34(55)43-25(17-21-8-10-22(49)11-9-21)33(54)41-18-30(50)46-15-4-7-29(46)37(58)47-16-3-6-28(47)36(57)45-27(20-61)38(59)60/h8-11,23-29,48-49,61H,1-7,12-20,39-40H2,(H,41,54)(H,42,56)(H,43,55)(H,44,53)(H,45,57)(H,51,52)(H,59,60)/t23-,24-,25-,26-,27-,28-,29-/m0/s1. The number of carboxylic acids is 2. The fourth-order valence-electron chi connectivity index (χ4n) is 6.92. The first-order valence-electron chi connectivity index (χ1n) is 20.0. The molecule has 13 N–H and O–H groups in total. The molecule has 0 aromatic heterocycles. The molecule has 1 aromatic carbocycles. The highest BCUT2D eigenvalue weighted by Gasteiger charge is 2.43. The van der Waals surface area contributed by atoms with E-state index in [2.05, 4.69) is 39.2 Å². The molecular weight excluding hydrogens is 823 g/mol. The van der Waals surface area contributed by atoms with Crippen molar-refractivity contribution in [2.75, 3.05) is 38.5 Å². The quantitative estimate of drug-likeness (QED) is 0.0351. The van der Waals surface area contributed by atoms with Crippen molar-refractivity contribution in [1.29, 1.82) is 0 Å². The minimum absolute atomic E-state index is 0.0181. The second kappa shape index (κ2) is 24.7. The average molecular weight is 880 g/mol. The lowest BCUT2D eigenvalue weighted by Gasteiger charge is -2.31. The zero-order valence-corrected chi connectivity index (χ0v) is 34.5. The third kappa shape index (κ3) is 15.2. The number of aliphatic hydroxyl groups excluding tert-OH is 1. The molecule has 7 amide bonds. The Balaban J connectivity index is 1.74. The summed E-state index contributed by atoms with van der Waals surface area (Å²) in [6, 6.07) is -2.95. The molecule has 0 radical (unpaired) electrons. The highest BCUT2D eigenvalue weighted by atomic mass is 32.1. The van der Waals surface area contributed by atoms with E-state index < -0.39 is 115 Å². The Morgan fingerprint density at radius 2 is 1.36 bits per heavy atom. The van der Waals surface area contributed by atoms with E-state index in [1.54, 1.807) is 0 Å². The first-order valence-corrected chi connectivity index (χ1v) is 20.6. The number of hydrogen-bond donors (Lipinski definition) is 12. The third-order valence-corrected chi connectivity index (χ3v) is 10.7. The number of unbranched alkanes of at least 4 members (excludes halogenated alkanes) is 1. The number of aliphatic hydroxyl groups is 1. The van der Waals surface area contributed by atoms with Gasteiger partial charge in [0, 0.05) is 31.7 Å². The summed E-state index contributed by atoms with van der Waals surface area (Å²) in [4.78, 5) is 119. The van der Waals surface area contributed by atoms with E-state index in [-0.39, 0.29) is 56.8 Å². The molecule has 338 valence electrons. The zero-order chi connectivity index (χ0) is 45.2. The number of thiol groups is 1. The number of carbonyl (C=O) groups excluding carboxylic acids is 7. The largest absolute Gasteiger partial charge is 0.508 e. The fraction of sp³-hybridized carbons (Fsp3) is 0.605. The maximum Gasteiger partial charge on any atom is 0.327 e. The number of rotatable bonds is 24. The second-order valence-electron chi connectivity index (χ2n) is 14.8. The van der Waals surface area contributed by atoms with Gasteiger partial charge in [-0.15, -0.1) is 0 Å². The first-order chi connectivity index (χ1) is 29.0. The number of phenolic OH excluding ortho intramolecular Hbond substituents is 1. The maximum absolute atomic E-state index is 13.8. The van der Waals surface area contributed by atoms with Crippen LogP contribution < -0.4 is 38.1 Å². The lowest BCUT2D eigenvalue weighted by atomic mass is 10.0. The van der Waals surface area contributed by atoms with E-state index in [4.69, 9.17) is 16.6 Å². The van der Waals surface area contributed by atoms with Crippen molar-refractivity contribution in [3.8, 4) is 5.75 Å². The average Bonchev–Trinajstić information content (AvgIpc) is 3.94. The Morgan fingerprint density at radius 3 is 1.97 bits per heavy atom. The summed E-state index contributed by atoms with van der Waals surface area (Å²) in [5.41, 5.74) is 11.9. The van der Waals surface area contributed by atoms with Crippen LogP contribution in [0.5, 0.6) is 5.75 Å². The lowest BCUT2D eigenvalue weighted by molar-refractivity contribution is -0.147. The number of benzene rings is 1. The van der Waals surface area contributed by atoms with E-state index in [1.165, 1.54) is 34.1 Å². The van der Waals surface area contributed by atoms with Gasteiger partial charge in [0.15, 0.2) is 0 Å². The molecule has 2 heterocycles. The van der Waals surface area contributed by atoms with Crippen molar-refractivity contribution >= 4 is 65.9 Å². The molecule has 61 heavy (non-hydrogen) atoms. The monoisotopic (exact) mass is 879 g/mol. The Morgan fingerprint density at radius 1 is 0.754 bits per heavy atom. The molecule has 2 aliphatic rings. The molecule has 2 fully saturated rings. The predicted molar refractivity (Wildman–Crippen MR) is 218 cm³/mol. The number of hydrogen-bond acceptors (Lipinski definition) is 14. The van der Waals surface area contributed by atoms with Crippen LogP contribution in [0.3, 0.4) is 0 Å². The Labute approximate surface area is 357 Å². The summed E-state index contributed by atoms with van der Waals surface area (Å²) in [7, 11) is 0. The van der Waals surface area contributed by atoms with Crippen molar-refractivity contribution in [3.63, 3.8) is 0 Å². The number of phenols is 1. The van der Waals surface area contributed by atoms with E-state index in [1.807, 2.05) is 0 Å². The minimum atomic E-state index is -1.58. The summed E-state index contributed by atoms with van der Waals surface area (Å²) in [5.74, 6) is -7.98. The van der Waals surface area contributed by atoms with Crippen molar-refractivity contribution in [1.82, 2.24) is 36.4 Å². The van der Waals surface area contributed by atoms with Gasteiger partial charge in [-0.25, -0.2) is 4.79 Å². The van der Waals surface area contributed by atoms with Crippen LogP contribution in [0.15, 0.2) is 24.3 Å². The summed E-state index contributed by atoms with van der Waals surface area (Å²) in [6.45, 7) is -0.832. The number of aliphatic carboxylic acids is 2. The number of carboxylic acid groups (broad SMARTS) is 2. The zero-order valence-electron chi connectivity index (χ0n) is 33.6. The molecule has 3 rings (SSSR count). The number of nitrogens with one attached hydrogen (secondary N) is 5. The van der Waals surface area contributed by atoms with E-state index in [0.717, 1.165) is 0 Å². The van der Waals surface area contributed by atoms with Crippen LogP contribution >= 0.6 is 12.6 Å². The third-order valence-electron chi connectivity index (χ3n) is 10.3. The second-order valence-corrected chi connectivity index (χ2v) is 15.2. The number of aromatic hydroxyl groups is 1. The van der Waals surface area contributed by atoms with Gasteiger partial charge in [-0.1, -0.05) is 12.1 Å². The van der Waals surface area contributed by atoms with Gasteiger partial charge in [0.25, 0.3) is 0 Å². The maximum atomic E-state index is 13.8. The highest BCUT2D eigenvalue weighted by Crippen LogP contribution is 2.25. The number of likely N-dealkylation sites (tertiary alicyclic amines) is 2. The van der Waals surface area contributed by atoms with E-state index >= 15 is 0 Å². The molecule has 0 saturated carbocycles. The Kier molecular flexibility index (Phi) is 20.2. The molecule has 0 aliphatic carbocycles. The SMILES string of the molecule is NCCCC[C@H](NC(=O)[C@H](CO)NC(=O)[C@@H](N)CCC(=O)O)C(=O)N[C@@H](Cc1ccc(O)cc1)C(=O)NCC(=O)N1CCC[C@H]1C(=O)N1CCC[C@H]1C(=O)N[C@@H](CS)C(=O)O. The molecule has 23 heteroatoms. The van der Waals surface area contributed by atoms with Gasteiger partial charge in [0.05, 0.1) is 19.2 Å². The predicted octanol–water partition coefficient (Wildman–Crippen LogP) is -3.70. The summed E-state index contributed by atoms with van der Waals surface area (Å²) in [6.07, 6.45) is 1.52. The van der Waals surface area contributed by atoms with Crippen molar-refractivity contribution in [2.24, 2.45) is 11.5 Å². The number of carbonyl (C=O) groups is 9. The first kappa shape index (κ1) is 49.8. The smallest absolute Gasteiger partial charge is 0.327 e. The van der Waals surface area contributed by atoms with Gasteiger partial charge in [-0.05, 0) is 75.6 Å². The van der Waals surface area contributed by atoms with Gasteiger partial charge < -0.3 is 68.3 Å². The normalized spacial score (nSPS) is 18.5. The van der Waals surface area contributed by atoms with Crippen LogP contribution in [0.4, 0.5) is 0 Å². The Hall–Kier alpha value is -5.52. The summed E-state index contributed by atoms with van der Waals surface area (Å²) in [5, 5.41) is 50.2. The van der Waals surface area contributed by atoms with Gasteiger partial charge in [0.1, 0.15) is 42.0 Å². The number of nitrogens with two attached hydrogens (primary N) is 2. The van der Waals surface area contributed by atoms with Crippen LogP contribution in [-0.4, -0.2) is 164 Å². The molecule has 2 aliphatic heterocycles. The van der Waals surface area contributed by atoms with E-state index in [9.17, 15) is 58.5 Å². The molecule has 22 nitrogen and oxygen atoms in total. The summed E-state index contributed by atoms with van der Waals surface area (Å²) >= 11 is 3.97. The molecule has 0 unspecified atom stereocenters. The molecule has 7 atom stereocenters. The highest BCUT2D eigenvalue weighted by molar-refractivity contribution is 7.80.